The lowest BCUT2D eigenvalue weighted by Gasteiger charge is -2.39. The third-order valence-electron chi connectivity index (χ3n) is 6.23. The van der Waals surface area contributed by atoms with Crippen molar-refractivity contribution >= 4 is 29.2 Å². The molecular formula is C26H29ClF6N2O8. The van der Waals surface area contributed by atoms with Gasteiger partial charge in [0.25, 0.3) is 0 Å². The van der Waals surface area contributed by atoms with Crippen molar-refractivity contribution in [3.05, 3.63) is 47.0 Å². The zero-order valence-electron chi connectivity index (χ0n) is 22.5. The largest absolute Gasteiger partial charge is 0.497 e. The van der Waals surface area contributed by atoms with E-state index in [2.05, 4.69) is 4.90 Å². The van der Waals surface area contributed by atoms with Crippen LogP contribution in [-0.4, -0.2) is 89.6 Å². The number of halogens is 7. The van der Waals surface area contributed by atoms with Gasteiger partial charge in [-0.05, 0) is 35.9 Å². The van der Waals surface area contributed by atoms with Crippen molar-refractivity contribution in [3.8, 4) is 17.2 Å². The Kier molecular flexibility index (Phi) is 12.2. The molecule has 0 aliphatic carbocycles. The normalized spacial score (nSPS) is 16.4. The number of ether oxygens (including phenoxy) is 3. The fourth-order valence-corrected chi connectivity index (χ4v) is 4.32. The average Bonchev–Trinajstić information content (AvgIpc) is 3.26. The fraction of sp³-hybridized carbons (Fsp3) is 0.462. The molecular weight excluding hydrogens is 618 g/mol. The minimum absolute atomic E-state index is 0.139. The van der Waals surface area contributed by atoms with E-state index < -0.39 is 30.4 Å². The van der Waals surface area contributed by atoms with Gasteiger partial charge in [0, 0.05) is 50.0 Å². The summed E-state index contributed by atoms with van der Waals surface area (Å²) in [6.45, 7) is 2.48. The fourth-order valence-electron chi connectivity index (χ4n) is 4.13. The highest BCUT2D eigenvalue weighted by Gasteiger charge is 2.42. The van der Waals surface area contributed by atoms with Gasteiger partial charge < -0.3 is 40.2 Å². The van der Waals surface area contributed by atoms with E-state index in [1.54, 1.807) is 25.3 Å². The minimum atomic E-state index is -5.08. The summed E-state index contributed by atoms with van der Waals surface area (Å²) in [7, 11) is 1.59. The Morgan fingerprint density at radius 1 is 1.05 bits per heavy atom. The van der Waals surface area contributed by atoms with Gasteiger partial charge in [-0.2, -0.15) is 26.3 Å². The number of carboxylic acids is 2. The molecule has 17 heteroatoms. The first kappa shape index (κ1) is 35.6. The van der Waals surface area contributed by atoms with E-state index in [9.17, 15) is 31.4 Å². The van der Waals surface area contributed by atoms with Crippen molar-refractivity contribution in [2.24, 2.45) is 0 Å². The number of piperidine rings is 1. The van der Waals surface area contributed by atoms with Crippen LogP contribution in [-0.2, 0) is 16.0 Å². The predicted molar refractivity (Wildman–Crippen MR) is 140 cm³/mol. The molecule has 1 spiro atoms. The summed E-state index contributed by atoms with van der Waals surface area (Å²) in [5, 5.41) is 25.4. The molecule has 2 aromatic carbocycles. The number of anilines is 1. The van der Waals surface area contributed by atoms with E-state index in [1.807, 2.05) is 18.2 Å². The van der Waals surface area contributed by atoms with Gasteiger partial charge in [-0.3, -0.25) is 0 Å². The third-order valence-corrected chi connectivity index (χ3v) is 6.47. The molecule has 0 radical (unpaired) electrons. The van der Waals surface area contributed by atoms with Crippen molar-refractivity contribution in [3.63, 3.8) is 0 Å². The number of fused-ring (bicyclic) bond motifs is 1. The SMILES string of the molecule is COc1ccc(N)c(OC[C@@H](O)CN2CCC3(CC2)Cc2cc(Cl)ccc2O3)c1.O=C(O)C(F)(F)F.O=C(O)C(F)(F)F. The van der Waals surface area contributed by atoms with Crippen LogP contribution in [0.15, 0.2) is 36.4 Å². The third kappa shape index (κ3) is 11.2. The summed E-state index contributed by atoms with van der Waals surface area (Å²) in [6, 6.07) is 11.1. The summed E-state index contributed by atoms with van der Waals surface area (Å²) in [5.41, 5.74) is 7.51. The number of hydrogen-bond donors (Lipinski definition) is 4. The highest BCUT2D eigenvalue weighted by Crippen LogP contribution is 2.42. The second-order valence-electron chi connectivity index (χ2n) is 9.49. The monoisotopic (exact) mass is 646 g/mol. The number of hydrogen-bond acceptors (Lipinski definition) is 8. The smallest absolute Gasteiger partial charge is 0.490 e. The highest BCUT2D eigenvalue weighted by atomic mass is 35.5. The number of nitrogen functional groups attached to an aromatic ring is 1. The molecule has 0 saturated carbocycles. The molecule has 1 fully saturated rings. The number of rotatable bonds is 6. The van der Waals surface area contributed by atoms with Crippen LogP contribution in [0.25, 0.3) is 0 Å². The standard InChI is InChI=1S/C22H27ClN2O4.2C2HF3O2/c1-27-18-3-4-19(24)21(11-18)28-14-17(26)13-25-8-6-22(7-9-25)12-15-10-16(23)2-5-20(15)29-22;2*3-2(4,5)1(6)7/h2-5,10-11,17,26H,6-9,12-14,24H2,1H3;2*(H,6,7)/t17-;;/m0../s1. The maximum atomic E-state index is 10.6. The molecule has 0 bridgehead atoms. The number of nitrogens with two attached hydrogens (primary N) is 1. The molecule has 2 heterocycles. The number of nitrogens with zero attached hydrogens (tertiary/aromatic N) is 1. The molecule has 240 valence electrons. The van der Waals surface area contributed by atoms with E-state index in [1.165, 1.54) is 5.56 Å². The van der Waals surface area contributed by atoms with Gasteiger partial charge in [0.05, 0.1) is 12.8 Å². The topological polar surface area (TPSA) is 152 Å². The van der Waals surface area contributed by atoms with E-state index in [4.69, 9.17) is 51.3 Å². The number of carbonyl (C=O) groups is 2. The maximum absolute atomic E-state index is 10.6. The van der Waals surface area contributed by atoms with Gasteiger partial charge in [0.15, 0.2) is 0 Å². The van der Waals surface area contributed by atoms with Crippen molar-refractivity contribution in [1.82, 2.24) is 4.90 Å². The van der Waals surface area contributed by atoms with Crippen LogP contribution in [0.1, 0.15) is 18.4 Å². The number of β-amino-alcohol motifs (C(OH)–C–C–N with tert-alkyl or cyclic N) is 1. The molecule has 0 unspecified atom stereocenters. The van der Waals surface area contributed by atoms with Gasteiger partial charge in [0.1, 0.15) is 35.6 Å². The summed E-state index contributed by atoms with van der Waals surface area (Å²) >= 11 is 6.11. The van der Waals surface area contributed by atoms with Crippen molar-refractivity contribution in [2.75, 3.05) is 39.1 Å². The van der Waals surface area contributed by atoms with E-state index >= 15 is 0 Å². The van der Waals surface area contributed by atoms with Crippen molar-refractivity contribution in [2.45, 2.75) is 43.3 Å². The predicted octanol–water partition coefficient (Wildman–Crippen LogP) is 4.41. The Hall–Kier alpha value is -3.63. The zero-order chi connectivity index (χ0) is 32.6. The Labute approximate surface area is 246 Å². The molecule has 10 nitrogen and oxygen atoms in total. The average molecular weight is 647 g/mol. The van der Waals surface area contributed by atoms with Gasteiger partial charge in [-0.25, -0.2) is 9.59 Å². The number of methoxy groups -OCH3 is 1. The number of aliphatic hydroxyl groups is 1. The number of likely N-dealkylation sites (tertiary alicyclic amines) is 1. The summed E-state index contributed by atoms with van der Waals surface area (Å²) in [4.78, 5) is 20.0. The minimum Gasteiger partial charge on any atom is -0.497 e. The van der Waals surface area contributed by atoms with E-state index in [-0.39, 0.29) is 12.2 Å². The number of carboxylic acid groups (broad SMARTS) is 2. The lowest BCUT2D eigenvalue weighted by Crippen LogP contribution is -2.49. The number of benzene rings is 2. The number of alkyl halides is 6. The quantitative estimate of drug-likeness (QED) is 0.262. The summed E-state index contributed by atoms with van der Waals surface area (Å²) < 4.78 is 80.7. The second kappa shape index (κ2) is 14.7. The van der Waals surface area contributed by atoms with Gasteiger partial charge >= 0.3 is 24.3 Å². The molecule has 0 amide bonds. The Bertz CT molecular complexity index is 1230. The van der Waals surface area contributed by atoms with Gasteiger partial charge in [-0.15, -0.1) is 0 Å². The summed E-state index contributed by atoms with van der Waals surface area (Å²) in [5.74, 6) is -3.37. The van der Waals surface area contributed by atoms with Crippen LogP contribution >= 0.6 is 11.6 Å². The van der Waals surface area contributed by atoms with Gasteiger partial charge in [-0.1, -0.05) is 11.6 Å². The molecule has 2 aromatic rings. The molecule has 0 aromatic heterocycles. The van der Waals surface area contributed by atoms with E-state index in [0.29, 0.717) is 23.7 Å². The van der Waals surface area contributed by atoms with Crippen molar-refractivity contribution < 1.29 is 65.5 Å². The number of aliphatic carboxylic acids is 2. The molecule has 2 aliphatic rings. The highest BCUT2D eigenvalue weighted by molar-refractivity contribution is 6.30. The van der Waals surface area contributed by atoms with Gasteiger partial charge in [0.2, 0.25) is 0 Å². The van der Waals surface area contributed by atoms with Crippen LogP contribution in [0.3, 0.4) is 0 Å². The molecule has 5 N–H and O–H groups in total. The molecule has 2 aliphatic heterocycles. The lowest BCUT2D eigenvalue weighted by atomic mass is 9.87. The summed E-state index contributed by atoms with van der Waals surface area (Å²) in [6.07, 6.45) is -8.02. The Morgan fingerprint density at radius 2 is 1.60 bits per heavy atom. The Balaban J connectivity index is 0.000000384. The first-order valence-corrected chi connectivity index (χ1v) is 12.8. The van der Waals surface area contributed by atoms with Crippen molar-refractivity contribution in [1.29, 1.82) is 0 Å². The van der Waals surface area contributed by atoms with Crippen LogP contribution < -0.4 is 19.9 Å². The van der Waals surface area contributed by atoms with Crippen LogP contribution in [0.5, 0.6) is 17.2 Å². The lowest BCUT2D eigenvalue weighted by molar-refractivity contribution is -0.193. The maximum Gasteiger partial charge on any atom is 0.490 e. The van der Waals surface area contributed by atoms with Crippen LogP contribution in [0, 0.1) is 0 Å². The molecule has 4 rings (SSSR count). The first-order valence-electron chi connectivity index (χ1n) is 12.4. The van der Waals surface area contributed by atoms with Crippen LogP contribution in [0.2, 0.25) is 5.02 Å². The molecule has 1 saturated heterocycles. The molecule has 43 heavy (non-hydrogen) atoms. The first-order chi connectivity index (χ1) is 19.8. The Morgan fingerprint density at radius 3 is 2.12 bits per heavy atom. The van der Waals surface area contributed by atoms with E-state index in [0.717, 1.165) is 43.1 Å². The number of aliphatic hydroxyl groups excluding tert-OH is 1. The zero-order valence-corrected chi connectivity index (χ0v) is 23.3. The van der Waals surface area contributed by atoms with Crippen LogP contribution in [0.4, 0.5) is 32.0 Å². The second-order valence-corrected chi connectivity index (χ2v) is 9.93. The molecule has 1 atom stereocenters.